The van der Waals surface area contributed by atoms with Gasteiger partial charge in [-0.3, -0.25) is 0 Å². The van der Waals surface area contributed by atoms with Crippen LogP contribution < -0.4 is 5.32 Å². The predicted molar refractivity (Wildman–Crippen MR) is 84.4 cm³/mol. The zero-order valence-electron chi connectivity index (χ0n) is 13.0. The molecule has 2 rings (SSSR count). The zero-order chi connectivity index (χ0) is 14.9. The van der Waals surface area contributed by atoms with Crippen LogP contribution in [0.4, 0.5) is 5.95 Å². The smallest absolute Gasteiger partial charge is 0.223 e. The Labute approximate surface area is 124 Å². The van der Waals surface area contributed by atoms with E-state index in [0.29, 0.717) is 5.95 Å². The van der Waals surface area contributed by atoms with Gasteiger partial charge in [0, 0.05) is 22.2 Å². The van der Waals surface area contributed by atoms with Crippen molar-refractivity contribution >= 4 is 17.3 Å². The van der Waals surface area contributed by atoms with Gasteiger partial charge in [0.25, 0.3) is 0 Å². The van der Waals surface area contributed by atoms with Crippen LogP contribution in [-0.4, -0.2) is 15.0 Å². The molecule has 108 valence electrons. The number of thiazole rings is 1. The molecule has 0 amide bonds. The van der Waals surface area contributed by atoms with Gasteiger partial charge in [-0.1, -0.05) is 20.8 Å². The lowest BCUT2D eigenvalue weighted by molar-refractivity contribution is 0.569. The Morgan fingerprint density at radius 1 is 1.10 bits per heavy atom. The minimum atomic E-state index is 0.0882. The van der Waals surface area contributed by atoms with Crippen LogP contribution >= 0.6 is 11.3 Å². The van der Waals surface area contributed by atoms with Crippen molar-refractivity contribution in [3.8, 4) is 0 Å². The number of hydrogen-bond acceptors (Lipinski definition) is 5. The molecule has 0 radical (unpaired) electrons. The zero-order valence-corrected chi connectivity index (χ0v) is 13.8. The molecule has 1 unspecified atom stereocenters. The molecule has 0 saturated heterocycles. The maximum Gasteiger partial charge on any atom is 0.223 e. The van der Waals surface area contributed by atoms with Gasteiger partial charge >= 0.3 is 0 Å². The van der Waals surface area contributed by atoms with Crippen LogP contribution in [0.1, 0.15) is 55.8 Å². The second-order valence-electron chi connectivity index (χ2n) is 6.16. The molecule has 4 nitrogen and oxygen atoms in total. The van der Waals surface area contributed by atoms with Crippen LogP contribution in [0.15, 0.2) is 11.4 Å². The van der Waals surface area contributed by atoms with Crippen molar-refractivity contribution < 1.29 is 0 Å². The Hall–Kier alpha value is -1.49. The largest absolute Gasteiger partial charge is 0.345 e. The summed E-state index contributed by atoms with van der Waals surface area (Å²) in [5, 5.41) is 6.53. The summed E-state index contributed by atoms with van der Waals surface area (Å²) < 4.78 is 0. The van der Waals surface area contributed by atoms with E-state index in [0.717, 1.165) is 22.1 Å². The van der Waals surface area contributed by atoms with Crippen LogP contribution in [0.3, 0.4) is 0 Å². The molecule has 1 N–H and O–H groups in total. The molecule has 0 spiro atoms. The normalized spacial score (nSPS) is 13.3. The number of hydrogen-bond donors (Lipinski definition) is 1. The third-order valence-electron chi connectivity index (χ3n) is 2.99. The van der Waals surface area contributed by atoms with E-state index < -0.39 is 0 Å². The van der Waals surface area contributed by atoms with Gasteiger partial charge in [0.1, 0.15) is 5.01 Å². The van der Waals surface area contributed by atoms with E-state index in [1.54, 1.807) is 11.3 Å². The van der Waals surface area contributed by atoms with Gasteiger partial charge in [0.15, 0.2) is 0 Å². The molecule has 0 saturated carbocycles. The summed E-state index contributed by atoms with van der Waals surface area (Å²) in [5.74, 6) is 0.669. The van der Waals surface area contributed by atoms with Gasteiger partial charge in [0.05, 0.1) is 11.7 Å². The van der Waals surface area contributed by atoms with E-state index in [-0.39, 0.29) is 11.5 Å². The van der Waals surface area contributed by atoms with Gasteiger partial charge in [-0.25, -0.2) is 15.0 Å². The van der Waals surface area contributed by atoms with E-state index >= 15 is 0 Å². The summed E-state index contributed by atoms with van der Waals surface area (Å²) in [4.78, 5) is 13.5. The number of aryl methyl sites for hydroxylation is 2. The van der Waals surface area contributed by atoms with Gasteiger partial charge in [-0.2, -0.15) is 0 Å². The van der Waals surface area contributed by atoms with Crippen molar-refractivity contribution in [3.05, 3.63) is 33.5 Å². The summed E-state index contributed by atoms with van der Waals surface area (Å²) in [6, 6.07) is 2.08. The van der Waals surface area contributed by atoms with Crippen LogP contribution in [0, 0.1) is 13.8 Å². The number of rotatable bonds is 3. The highest BCUT2D eigenvalue weighted by Crippen LogP contribution is 2.27. The van der Waals surface area contributed by atoms with Crippen molar-refractivity contribution in [1.82, 2.24) is 15.0 Å². The van der Waals surface area contributed by atoms with Crippen molar-refractivity contribution in [2.24, 2.45) is 0 Å². The molecule has 20 heavy (non-hydrogen) atoms. The highest BCUT2D eigenvalue weighted by Gasteiger charge is 2.19. The minimum Gasteiger partial charge on any atom is -0.345 e. The average molecular weight is 290 g/mol. The Balaban J connectivity index is 2.15. The fraction of sp³-hybridized carbons (Fsp3) is 0.533. The lowest BCUT2D eigenvalue weighted by atomic mass is 9.93. The first-order valence-corrected chi connectivity index (χ1v) is 7.68. The molecule has 2 aromatic rings. The fourth-order valence-corrected chi connectivity index (χ4v) is 2.93. The molecule has 0 aromatic carbocycles. The monoisotopic (exact) mass is 290 g/mol. The molecule has 0 bridgehead atoms. The van der Waals surface area contributed by atoms with Crippen molar-refractivity contribution in [3.63, 3.8) is 0 Å². The molecule has 5 heteroatoms. The van der Waals surface area contributed by atoms with Gasteiger partial charge in [0.2, 0.25) is 5.95 Å². The molecule has 0 aliphatic carbocycles. The van der Waals surface area contributed by atoms with E-state index in [1.807, 2.05) is 19.9 Å². The SMILES string of the molecule is Cc1cc(C)nc(NC(C)c2nc(C(C)(C)C)cs2)n1. The Morgan fingerprint density at radius 3 is 2.20 bits per heavy atom. The third-order valence-corrected chi connectivity index (χ3v) is 4.02. The van der Waals surface area contributed by atoms with E-state index in [9.17, 15) is 0 Å². The highest BCUT2D eigenvalue weighted by atomic mass is 32.1. The first-order chi connectivity index (χ1) is 9.25. The summed E-state index contributed by atoms with van der Waals surface area (Å²) in [6.07, 6.45) is 0. The summed E-state index contributed by atoms with van der Waals surface area (Å²) in [6.45, 7) is 12.6. The second-order valence-corrected chi connectivity index (χ2v) is 7.05. The fourth-order valence-electron chi connectivity index (χ4n) is 1.88. The van der Waals surface area contributed by atoms with Gasteiger partial charge < -0.3 is 5.32 Å². The molecular weight excluding hydrogens is 268 g/mol. The van der Waals surface area contributed by atoms with Crippen LogP contribution in [-0.2, 0) is 5.41 Å². The third kappa shape index (κ3) is 3.54. The number of aromatic nitrogens is 3. The average Bonchev–Trinajstić information content (AvgIpc) is 2.75. The predicted octanol–water partition coefficient (Wildman–Crippen LogP) is 4.02. The van der Waals surface area contributed by atoms with E-state index in [4.69, 9.17) is 4.98 Å². The van der Waals surface area contributed by atoms with Crippen LogP contribution in [0.2, 0.25) is 0 Å². The number of nitrogens with one attached hydrogen (secondary N) is 1. The topological polar surface area (TPSA) is 50.7 Å². The van der Waals surface area contributed by atoms with Crippen molar-refractivity contribution in [1.29, 1.82) is 0 Å². The van der Waals surface area contributed by atoms with Crippen molar-refractivity contribution in [2.75, 3.05) is 5.32 Å². The molecule has 2 aromatic heterocycles. The maximum absolute atomic E-state index is 4.72. The van der Waals surface area contributed by atoms with E-state index in [1.165, 1.54) is 0 Å². The lowest BCUT2D eigenvalue weighted by Gasteiger charge is -2.15. The second kappa shape index (κ2) is 5.48. The Morgan fingerprint density at radius 2 is 1.70 bits per heavy atom. The molecule has 2 heterocycles. The van der Waals surface area contributed by atoms with Gasteiger partial charge in [-0.15, -0.1) is 11.3 Å². The Kier molecular flexibility index (Phi) is 4.09. The molecule has 0 aliphatic heterocycles. The minimum absolute atomic E-state index is 0.0882. The van der Waals surface area contributed by atoms with Crippen LogP contribution in [0.25, 0.3) is 0 Å². The summed E-state index contributed by atoms with van der Waals surface area (Å²) >= 11 is 1.68. The molecule has 0 fully saturated rings. The maximum atomic E-state index is 4.72. The lowest BCUT2D eigenvalue weighted by Crippen LogP contribution is -2.14. The highest BCUT2D eigenvalue weighted by molar-refractivity contribution is 7.09. The molecule has 0 aliphatic rings. The standard InChI is InChI=1S/C15H22N4S/c1-9-7-10(2)17-14(16-9)18-11(3)13-19-12(8-20-13)15(4,5)6/h7-8,11H,1-6H3,(H,16,17,18). The number of nitrogens with zero attached hydrogens (tertiary/aromatic N) is 3. The van der Waals surface area contributed by atoms with Crippen LogP contribution in [0.5, 0.6) is 0 Å². The Bertz CT molecular complexity index is 578. The van der Waals surface area contributed by atoms with Crippen molar-refractivity contribution in [2.45, 2.75) is 53.0 Å². The first-order valence-electron chi connectivity index (χ1n) is 6.80. The van der Waals surface area contributed by atoms with E-state index in [2.05, 4.69) is 48.4 Å². The molecule has 1 atom stereocenters. The molecular formula is C15H22N4S. The first kappa shape index (κ1) is 14.9. The summed E-state index contributed by atoms with van der Waals surface area (Å²) in [7, 11) is 0. The number of anilines is 1. The summed E-state index contributed by atoms with van der Waals surface area (Å²) in [5.41, 5.74) is 3.17. The quantitative estimate of drug-likeness (QED) is 0.927. The van der Waals surface area contributed by atoms with Gasteiger partial charge in [-0.05, 0) is 26.8 Å².